The Hall–Kier alpha value is -2.34. The van der Waals surface area contributed by atoms with E-state index in [2.05, 4.69) is 15.5 Å². The van der Waals surface area contributed by atoms with Crippen LogP contribution in [-0.2, 0) is 24.2 Å². The third kappa shape index (κ3) is 4.07. The summed E-state index contributed by atoms with van der Waals surface area (Å²) in [5.74, 6) is -0.122. The summed E-state index contributed by atoms with van der Waals surface area (Å²) in [6.45, 7) is 1.02. The summed E-state index contributed by atoms with van der Waals surface area (Å²) >= 11 is 6.19. The van der Waals surface area contributed by atoms with Gasteiger partial charge in [0.25, 0.3) is 5.91 Å². The molecule has 1 saturated carbocycles. The molecular formula is C21H25ClN4O2. The first-order valence-electron chi connectivity index (χ1n) is 10.00. The number of rotatable bonds is 4. The average Bonchev–Trinajstić information content (AvgIpc) is 3.14. The highest BCUT2D eigenvalue weighted by atomic mass is 35.5. The first-order valence-corrected chi connectivity index (χ1v) is 10.4. The summed E-state index contributed by atoms with van der Waals surface area (Å²) in [6, 6.07) is 7.63. The van der Waals surface area contributed by atoms with Crippen LogP contribution in [-0.4, -0.2) is 39.5 Å². The molecule has 0 radical (unpaired) electrons. The quantitative estimate of drug-likeness (QED) is 0.826. The minimum Gasteiger partial charge on any atom is -0.348 e. The Labute approximate surface area is 169 Å². The van der Waals surface area contributed by atoms with Gasteiger partial charge in [-0.15, -0.1) is 0 Å². The summed E-state index contributed by atoms with van der Waals surface area (Å²) in [4.78, 5) is 27.3. The Balaban J connectivity index is 1.44. The lowest BCUT2D eigenvalue weighted by Crippen LogP contribution is -2.39. The van der Waals surface area contributed by atoms with Crippen molar-refractivity contribution in [2.24, 2.45) is 0 Å². The molecule has 0 atom stereocenters. The maximum Gasteiger partial charge on any atom is 0.272 e. The van der Waals surface area contributed by atoms with Gasteiger partial charge in [0.05, 0.1) is 6.42 Å². The van der Waals surface area contributed by atoms with Gasteiger partial charge in [-0.05, 0) is 24.5 Å². The van der Waals surface area contributed by atoms with Crippen LogP contribution in [0.25, 0.3) is 0 Å². The van der Waals surface area contributed by atoms with Gasteiger partial charge in [0.2, 0.25) is 5.91 Å². The van der Waals surface area contributed by atoms with E-state index in [4.69, 9.17) is 11.6 Å². The van der Waals surface area contributed by atoms with E-state index in [0.29, 0.717) is 30.2 Å². The number of carbonyl (C=O) groups is 2. The summed E-state index contributed by atoms with van der Waals surface area (Å²) in [5.41, 5.74) is 3.04. The van der Waals surface area contributed by atoms with Crippen LogP contribution >= 0.6 is 11.6 Å². The topological polar surface area (TPSA) is 78.1 Å². The maximum absolute atomic E-state index is 12.8. The van der Waals surface area contributed by atoms with Crippen molar-refractivity contribution in [3.8, 4) is 0 Å². The van der Waals surface area contributed by atoms with Crippen molar-refractivity contribution in [1.29, 1.82) is 0 Å². The molecule has 4 rings (SSSR count). The fraction of sp³-hybridized carbons (Fsp3) is 0.476. The number of aromatic nitrogens is 2. The van der Waals surface area contributed by atoms with Crippen molar-refractivity contribution in [2.45, 2.75) is 57.5 Å². The fourth-order valence-electron chi connectivity index (χ4n) is 4.11. The van der Waals surface area contributed by atoms with Crippen LogP contribution in [0, 0.1) is 0 Å². The zero-order valence-corrected chi connectivity index (χ0v) is 16.6. The smallest absolute Gasteiger partial charge is 0.272 e. The van der Waals surface area contributed by atoms with Crippen LogP contribution in [0.5, 0.6) is 0 Å². The Kier molecular flexibility index (Phi) is 5.67. The largest absolute Gasteiger partial charge is 0.348 e. The van der Waals surface area contributed by atoms with Gasteiger partial charge in [0, 0.05) is 41.8 Å². The normalized spacial score (nSPS) is 17.2. The molecule has 28 heavy (non-hydrogen) atoms. The minimum atomic E-state index is -0.134. The number of fused-ring (bicyclic) bond motifs is 1. The SMILES string of the molecule is O=C(NC1CCCCC1)c1n[nH]c2c1CN(C(=O)Cc1ccccc1Cl)CC2. The van der Waals surface area contributed by atoms with E-state index < -0.39 is 0 Å². The molecule has 2 N–H and O–H groups in total. The zero-order valence-electron chi connectivity index (χ0n) is 15.8. The highest BCUT2D eigenvalue weighted by Gasteiger charge is 2.29. The summed E-state index contributed by atoms with van der Waals surface area (Å²) in [7, 11) is 0. The second-order valence-corrected chi connectivity index (χ2v) is 8.08. The molecule has 6 nitrogen and oxygen atoms in total. The molecule has 1 aromatic carbocycles. The number of hydrogen-bond acceptors (Lipinski definition) is 3. The molecule has 2 heterocycles. The molecule has 0 unspecified atom stereocenters. The number of nitrogens with zero attached hydrogens (tertiary/aromatic N) is 2. The van der Waals surface area contributed by atoms with E-state index in [1.54, 1.807) is 11.0 Å². The van der Waals surface area contributed by atoms with Gasteiger partial charge in [0.1, 0.15) is 0 Å². The molecule has 1 fully saturated rings. The monoisotopic (exact) mass is 400 g/mol. The average molecular weight is 401 g/mol. The Bertz CT molecular complexity index is 873. The highest BCUT2D eigenvalue weighted by Crippen LogP contribution is 2.24. The zero-order chi connectivity index (χ0) is 19.5. The van der Waals surface area contributed by atoms with Gasteiger partial charge in [-0.2, -0.15) is 5.10 Å². The van der Waals surface area contributed by atoms with E-state index in [0.717, 1.165) is 42.5 Å². The molecule has 2 amide bonds. The van der Waals surface area contributed by atoms with Gasteiger partial charge < -0.3 is 10.2 Å². The van der Waals surface area contributed by atoms with Crippen LogP contribution in [0.3, 0.4) is 0 Å². The van der Waals surface area contributed by atoms with Crippen molar-refractivity contribution >= 4 is 23.4 Å². The highest BCUT2D eigenvalue weighted by molar-refractivity contribution is 6.31. The standard InChI is InChI=1S/C21H25ClN4O2/c22-17-9-5-4-6-14(17)12-19(27)26-11-10-18-16(13-26)20(25-24-18)21(28)23-15-7-2-1-3-8-15/h4-6,9,15H,1-3,7-8,10-13H2,(H,23,28)(H,24,25). The third-order valence-electron chi connectivity index (χ3n) is 5.74. The first kappa shape index (κ1) is 19.0. The van der Waals surface area contributed by atoms with Crippen LogP contribution < -0.4 is 5.32 Å². The van der Waals surface area contributed by atoms with Crippen LogP contribution in [0.2, 0.25) is 5.02 Å². The third-order valence-corrected chi connectivity index (χ3v) is 6.11. The van der Waals surface area contributed by atoms with Crippen LogP contribution in [0.1, 0.15) is 59.4 Å². The number of aromatic amines is 1. The lowest BCUT2D eigenvalue weighted by atomic mass is 9.95. The van der Waals surface area contributed by atoms with E-state index in [1.165, 1.54) is 6.42 Å². The number of nitrogens with one attached hydrogen (secondary N) is 2. The lowest BCUT2D eigenvalue weighted by molar-refractivity contribution is -0.131. The summed E-state index contributed by atoms with van der Waals surface area (Å²) < 4.78 is 0. The molecule has 1 aromatic heterocycles. The second-order valence-electron chi connectivity index (χ2n) is 7.67. The molecular weight excluding hydrogens is 376 g/mol. The van der Waals surface area contributed by atoms with Crippen molar-refractivity contribution in [1.82, 2.24) is 20.4 Å². The van der Waals surface area contributed by atoms with E-state index in [1.807, 2.05) is 18.2 Å². The van der Waals surface area contributed by atoms with Crippen LogP contribution in [0.4, 0.5) is 0 Å². The van der Waals surface area contributed by atoms with Gasteiger partial charge >= 0.3 is 0 Å². The van der Waals surface area contributed by atoms with Crippen molar-refractivity contribution in [3.63, 3.8) is 0 Å². The van der Waals surface area contributed by atoms with Gasteiger partial charge in [-0.25, -0.2) is 0 Å². The molecule has 0 spiro atoms. The molecule has 1 aliphatic heterocycles. The predicted molar refractivity (Wildman–Crippen MR) is 107 cm³/mol. The Morgan fingerprint density at radius 2 is 2.00 bits per heavy atom. The number of benzene rings is 1. The van der Waals surface area contributed by atoms with Crippen molar-refractivity contribution in [3.05, 3.63) is 51.8 Å². The summed E-state index contributed by atoms with van der Waals surface area (Å²) in [5, 5.41) is 11.0. The number of carbonyl (C=O) groups excluding carboxylic acids is 2. The van der Waals surface area contributed by atoms with Crippen LogP contribution in [0.15, 0.2) is 24.3 Å². The molecule has 1 aliphatic carbocycles. The van der Waals surface area contributed by atoms with Gasteiger partial charge in [-0.1, -0.05) is 49.1 Å². The van der Waals surface area contributed by atoms with E-state index >= 15 is 0 Å². The van der Waals surface area contributed by atoms with Crippen molar-refractivity contribution in [2.75, 3.05) is 6.54 Å². The number of halogens is 1. The van der Waals surface area contributed by atoms with Crippen molar-refractivity contribution < 1.29 is 9.59 Å². The molecule has 0 saturated heterocycles. The molecule has 7 heteroatoms. The molecule has 148 valence electrons. The van der Waals surface area contributed by atoms with Gasteiger partial charge in [-0.3, -0.25) is 14.7 Å². The fourth-order valence-corrected chi connectivity index (χ4v) is 4.32. The Morgan fingerprint density at radius 3 is 2.79 bits per heavy atom. The second kappa shape index (κ2) is 8.35. The van der Waals surface area contributed by atoms with E-state index in [9.17, 15) is 9.59 Å². The molecule has 2 aromatic rings. The van der Waals surface area contributed by atoms with Gasteiger partial charge in [0.15, 0.2) is 5.69 Å². The summed E-state index contributed by atoms with van der Waals surface area (Å²) in [6.07, 6.45) is 6.56. The maximum atomic E-state index is 12.8. The first-order chi connectivity index (χ1) is 13.6. The predicted octanol–water partition coefficient (Wildman–Crippen LogP) is 3.25. The van der Waals surface area contributed by atoms with E-state index in [-0.39, 0.29) is 24.3 Å². The minimum absolute atomic E-state index is 0.0126. The number of H-pyrrole nitrogens is 1. The number of amides is 2. The lowest BCUT2D eigenvalue weighted by Gasteiger charge is -2.28. The number of hydrogen-bond donors (Lipinski definition) is 2. The Morgan fingerprint density at radius 1 is 1.21 bits per heavy atom. The molecule has 2 aliphatic rings. The molecule has 0 bridgehead atoms.